The second-order valence-electron chi connectivity index (χ2n) is 7.35. The van der Waals surface area contributed by atoms with Crippen LogP contribution in [0.5, 0.6) is 0 Å². The molecule has 1 aromatic heterocycles. The second-order valence-corrected chi connectivity index (χ2v) is 7.35. The Hall–Kier alpha value is -3.03. The molecule has 3 rings (SSSR count). The fourth-order valence-corrected chi connectivity index (χ4v) is 3.90. The Morgan fingerprint density at radius 1 is 1.07 bits per heavy atom. The van der Waals surface area contributed by atoms with Crippen LogP contribution in [0, 0.1) is 0 Å². The summed E-state index contributed by atoms with van der Waals surface area (Å²) in [5.41, 5.74) is 0.263. The molecule has 0 radical (unpaired) electrons. The van der Waals surface area contributed by atoms with Crippen molar-refractivity contribution in [2.24, 2.45) is 0 Å². The highest BCUT2D eigenvalue weighted by Gasteiger charge is 2.31. The number of carboxylic acids is 1. The molecule has 2 unspecified atom stereocenters. The number of imidazole rings is 1. The third-order valence-corrected chi connectivity index (χ3v) is 5.29. The predicted molar refractivity (Wildman–Crippen MR) is 108 cm³/mol. The Morgan fingerprint density at radius 2 is 1.70 bits per heavy atom. The summed E-state index contributed by atoms with van der Waals surface area (Å²) in [6.45, 7) is 3.57. The standard InChI is InChI=1S/C22H23F3N2O3/c1-3-7-17(13-20(28)29)27-19-11-5-4-10-18(19)26(21(27)30)14(2)15-8-6-9-16(12-15)22(23,24)25/h4-6,8-12,14,17H,3,7,13H2,1-2H3,(H,28,29). The van der Waals surface area contributed by atoms with E-state index < -0.39 is 35.5 Å². The molecule has 0 aliphatic rings. The molecule has 2 atom stereocenters. The van der Waals surface area contributed by atoms with Gasteiger partial charge < -0.3 is 5.11 Å². The molecule has 0 fully saturated rings. The number of aromatic nitrogens is 2. The molecule has 0 bridgehead atoms. The van der Waals surface area contributed by atoms with Crippen LogP contribution in [-0.4, -0.2) is 20.2 Å². The SMILES string of the molecule is CCCC(CC(=O)O)n1c(=O)n(C(C)c2cccc(C(F)(F)F)c2)c2ccccc21. The number of halogens is 3. The van der Waals surface area contributed by atoms with E-state index in [2.05, 4.69) is 0 Å². The lowest BCUT2D eigenvalue weighted by molar-refractivity contribution is -0.138. The number of para-hydroxylation sites is 2. The van der Waals surface area contributed by atoms with Crippen molar-refractivity contribution in [2.75, 3.05) is 0 Å². The van der Waals surface area contributed by atoms with Crippen LogP contribution in [0.3, 0.4) is 0 Å². The smallest absolute Gasteiger partial charge is 0.416 e. The van der Waals surface area contributed by atoms with Crippen molar-refractivity contribution in [3.63, 3.8) is 0 Å². The summed E-state index contributed by atoms with van der Waals surface area (Å²) in [6.07, 6.45) is -3.51. The van der Waals surface area contributed by atoms with Gasteiger partial charge in [0.05, 0.1) is 29.1 Å². The summed E-state index contributed by atoms with van der Waals surface area (Å²) in [4.78, 5) is 24.8. The molecule has 0 aliphatic heterocycles. The molecule has 8 heteroatoms. The van der Waals surface area contributed by atoms with Crippen LogP contribution in [0.15, 0.2) is 53.3 Å². The van der Waals surface area contributed by atoms with E-state index in [4.69, 9.17) is 0 Å². The highest BCUT2D eigenvalue weighted by molar-refractivity contribution is 5.77. The molecule has 1 N–H and O–H groups in total. The Bertz CT molecular complexity index is 1110. The minimum Gasteiger partial charge on any atom is -0.481 e. The predicted octanol–water partition coefficient (Wildman–Crippen LogP) is 5.25. The Kier molecular flexibility index (Phi) is 6.05. The van der Waals surface area contributed by atoms with Crippen LogP contribution in [-0.2, 0) is 11.0 Å². The summed E-state index contributed by atoms with van der Waals surface area (Å²) in [5.74, 6) is -1.01. The van der Waals surface area contributed by atoms with E-state index in [0.29, 0.717) is 29.4 Å². The lowest BCUT2D eigenvalue weighted by Crippen LogP contribution is -2.30. The van der Waals surface area contributed by atoms with Gasteiger partial charge in [-0.15, -0.1) is 0 Å². The highest BCUT2D eigenvalue weighted by Crippen LogP contribution is 2.32. The Balaban J connectivity index is 2.19. The maximum Gasteiger partial charge on any atom is 0.416 e. The molecule has 3 aromatic rings. The number of hydrogen-bond acceptors (Lipinski definition) is 2. The van der Waals surface area contributed by atoms with Crippen molar-refractivity contribution in [1.82, 2.24) is 9.13 Å². The third-order valence-electron chi connectivity index (χ3n) is 5.29. The van der Waals surface area contributed by atoms with Gasteiger partial charge in [0.1, 0.15) is 0 Å². The van der Waals surface area contributed by atoms with Gasteiger partial charge in [0, 0.05) is 6.04 Å². The Labute approximate surface area is 171 Å². The van der Waals surface area contributed by atoms with Gasteiger partial charge in [-0.3, -0.25) is 13.9 Å². The minimum atomic E-state index is -4.48. The summed E-state index contributed by atoms with van der Waals surface area (Å²) in [5, 5.41) is 9.31. The average Bonchev–Trinajstić information content (AvgIpc) is 2.98. The van der Waals surface area contributed by atoms with Gasteiger partial charge in [0.2, 0.25) is 0 Å². The first kappa shape index (κ1) is 21.7. The van der Waals surface area contributed by atoms with Gasteiger partial charge in [-0.2, -0.15) is 13.2 Å². The van der Waals surface area contributed by atoms with Gasteiger partial charge in [0.25, 0.3) is 0 Å². The van der Waals surface area contributed by atoms with Crippen molar-refractivity contribution in [1.29, 1.82) is 0 Å². The number of carbonyl (C=O) groups is 1. The zero-order chi connectivity index (χ0) is 22.1. The van der Waals surface area contributed by atoms with Crippen LogP contribution in [0.2, 0.25) is 0 Å². The molecule has 0 saturated carbocycles. The zero-order valence-corrected chi connectivity index (χ0v) is 16.7. The first-order chi connectivity index (χ1) is 14.1. The van der Waals surface area contributed by atoms with E-state index in [1.165, 1.54) is 15.2 Å². The largest absolute Gasteiger partial charge is 0.481 e. The van der Waals surface area contributed by atoms with Crippen LogP contribution >= 0.6 is 0 Å². The lowest BCUT2D eigenvalue weighted by Gasteiger charge is -2.17. The third kappa shape index (κ3) is 4.13. The number of alkyl halides is 3. The van der Waals surface area contributed by atoms with Crippen molar-refractivity contribution < 1.29 is 23.1 Å². The molecular weight excluding hydrogens is 397 g/mol. The van der Waals surface area contributed by atoms with Gasteiger partial charge in [-0.05, 0) is 43.2 Å². The Morgan fingerprint density at radius 3 is 2.27 bits per heavy atom. The van der Waals surface area contributed by atoms with Gasteiger partial charge >= 0.3 is 17.8 Å². The van der Waals surface area contributed by atoms with Crippen LogP contribution in [0.1, 0.15) is 56.3 Å². The van der Waals surface area contributed by atoms with Crippen molar-refractivity contribution >= 4 is 17.0 Å². The van der Waals surface area contributed by atoms with E-state index in [1.807, 2.05) is 6.92 Å². The summed E-state index contributed by atoms with van der Waals surface area (Å²) >= 11 is 0. The number of hydrogen-bond donors (Lipinski definition) is 1. The molecule has 0 amide bonds. The molecule has 0 spiro atoms. The van der Waals surface area contributed by atoms with Crippen molar-refractivity contribution in [3.05, 3.63) is 70.1 Å². The molecule has 30 heavy (non-hydrogen) atoms. The fraction of sp³-hybridized carbons (Fsp3) is 0.364. The normalized spacial score (nSPS) is 14.0. The molecule has 2 aromatic carbocycles. The number of nitrogens with zero attached hydrogens (tertiary/aromatic N) is 2. The maximum absolute atomic E-state index is 13.4. The first-order valence-electron chi connectivity index (χ1n) is 9.75. The van der Waals surface area contributed by atoms with E-state index in [-0.39, 0.29) is 6.42 Å². The van der Waals surface area contributed by atoms with Crippen LogP contribution < -0.4 is 5.69 Å². The molecular formula is C22H23F3N2O3. The van der Waals surface area contributed by atoms with Crippen LogP contribution in [0.25, 0.3) is 11.0 Å². The summed E-state index contributed by atoms with van der Waals surface area (Å²) in [6, 6.07) is 10.7. The highest BCUT2D eigenvalue weighted by atomic mass is 19.4. The van der Waals surface area contributed by atoms with E-state index >= 15 is 0 Å². The number of fused-ring (bicyclic) bond motifs is 1. The van der Waals surface area contributed by atoms with Gasteiger partial charge in [-0.1, -0.05) is 37.6 Å². The first-order valence-corrected chi connectivity index (χ1v) is 9.75. The summed E-state index contributed by atoms with van der Waals surface area (Å²) < 4.78 is 42.4. The van der Waals surface area contributed by atoms with Crippen molar-refractivity contribution in [2.45, 2.75) is 51.4 Å². The lowest BCUT2D eigenvalue weighted by atomic mass is 10.0. The van der Waals surface area contributed by atoms with E-state index in [9.17, 15) is 27.9 Å². The molecule has 0 aliphatic carbocycles. The number of rotatable bonds is 7. The summed E-state index contributed by atoms with van der Waals surface area (Å²) in [7, 11) is 0. The quantitative estimate of drug-likeness (QED) is 0.568. The number of benzene rings is 2. The van der Waals surface area contributed by atoms with Crippen molar-refractivity contribution in [3.8, 4) is 0 Å². The molecule has 0 saturated heterocycles. The van der Waals surface area contributed by atoms with E-state index in [1.54, 1.807) is 37.3 Å². The monoisotopic (exact) mass is 420 g/mol. The molecule has 5 nitrogen and oxygen atoms in total. The van der Waals surface area contributed by atoms with E-state index in [0.717, 1.165) is 12.1 Å². The van der Waals surface area contributed by atoms with Gasteiger partial charge in [-0.25, -0.2) is 4.79 Å². The number of aliphatic carboxylic acids is 1. The molecule has 160 valence electrons. The average molecular weight is 420 g/mol. The maximum atomic E-state index is 13.4. The topological polar surface area (TPSA) is 64.2 Å². The second kappa shape index (κ2) is 8.38. The zero-order valence-electron chi connectivity index (χ0n) is 16.7. The van der Waals surface area contributed by atoms with Gasteiger partial charge in [0.15, 0.2) is 0 Å². The number of carboxylic acid groups (broad SMARTS) is 1. The minimum absolute atomic E-state index is 0.209. The molecule has 1 heterocycles. The fourth-order valence-electron chi connectivity index (χ4n) is 3.90. The van der Waals surface area contributed by atoms with Crippen LogP contribution in [0.4, 0.5) is 13.2 Å².